The minimum absolute atomic E-state index is 0.842. The number of anilines is 1. The maximum atomic E-state index is 4.10. The minimum atomic E-state index is 0.842. The molecule has 0 radical (unpaired) electrons. The third kappa shape index (κ3) is 2.59. The van der Waals surface area contributed by atoms with Gasteiger partial charge in [-0.05, 0) is 31.9 Å². The van der Waals surface area contributed by atoms with Gasteiger partial charge in [-0.1, -0.05) is 18.3 Å². The second-order valence-electron chi connectivity index (χ2n) is 3.65. The van der Waals surface area contributed by atoms with Gasteiger partial charge in [-0.2, -0.15) is 0 Å². The number of aryl methyl sites for hydroxylation is 3. The Labute approximate surface area is 104 Å². The predicted octanol–water partition coefficient (Wildman–Crippen LogP) is 3.39. The molecule has 0 aliphatic carbocycles. The Kier molecular flexibility index (Phi) is 3.56. The summed E-state index contributed by atoms with van der Waals surface area (Å²) in [5.41, 5.74) is 1.36. The van der Waals surface area contributed by atoms with Gasteiger partial charge in [-0.15, -0.1) is 21.5 Å². The monoisotopic (exact) mass is 253 g/mol. The molecule has 5 heteroatoms. The normalized spacial score (nSPS) is 10.7. The molecule has 0 aromatic carbocycles. The van der Waals surface area contributed by atoms with Crippen LogP contribution < -0.4 is 5.32 Å². The van der Waals surface area contributed by atoms with Gasteiger partial charge in [0.25, 0.3) is 0 Å². The average molecular weight is 253 g/mol. The molecular formula is C11H15N3S2. The first-order valence-corrected chi connectivity index (χ1v) is 6.94. The molecule has 0 fully saturated rings. The highest BCUT2D eigenvalue weighted by Crippen LogP contribution is 2.22. The van der Waals surface area contributed by atoms with Gasteiger partial charge in [-0.25, -0.2) is 0 Å². The van der Waals surface area contributed by atoms with Crippen LogP contribution in [0.25, 0.3) is 0 Å². The van der Waals surface area contributed by atoms with Crippen LogP contribution in [-0.2, 0) is 13.0 Å². The number of hydrogen-bond donors (Lipinski definition) is 1. The lowest BCUT2D eigenvalue weighted by Gasteiger charge is -2.00. The van der Waals surface area contributed by atoms with Gasteiger partial charge in [0.15, 0.2) is 0 Å². The van der Waals surface area contributed by atoms with Crippen molar-refractivity contribution in [2.45, 2.75) is 33.7 Å². The Morgan fingerprint density at radius 2 is 2.06 bits per heavy atom. The number of rotatable bonds is 4. The molecule has 0 atom stereocenters. The molecule has 0 spiro atoms. The van der Waals surface area contributed by atoms with E-state index in [9.17, 15) is 0 Å². The molecule has 0 saturated carbocycles. The first-order valence-electron chi connectivity index (χ1n) is 5.31. The predicted molar refractivity (Wildman–Crippen MR) is 70.4 cm³/mol. The van der Waals surface area contributed by atoms with Crippen molar-refractivity contribution in [3.8, 4) is 0 Å². The minimum Gasteiger partial charge on any atom is -0.356 e. The summed E-state index contributed by atoms with van der Waals surface area (Å²) in [5.74, 6) is 0. The first-order chi connectivity index (χ1) is 7.69. The van der Waals surface area contributed by atoms with E-state index in [2.05, 4.69) is 42.4 Å². The Balaban J connectivity index is 1.99. The summed E-state index contributed by atoms with van der Waals surface area (Å²) in [5, 5.41) is 13.5. The second kappa shape index (κ2) is 4.93. The molecule has 2 rings (SSSR count). The molecule has 86 valence electrons. The molecule has 2 heterocycles. The summed E-state index contributed by atoms with van der Waals surface area (Å²) in [4.78, 5) is 2.74. The Bertz CT molecular complexity index is 473. The Hall–Kier alpha value is -0.940. The zero-order valence-electron chi connectivity index (χ0n) is 9.70. The standard InChI is InChI=1S/C11H15N3S2/c1-4-10-13-14-11(16-10)12-6-9-5-7(2)15-8(9)3/h5H,4,6H2,1-3H3,(H,12,14). The van der Waals surface area contributed by atoms with Gasteiger partial charge in [-0.3, -0.25) is 0 Å². The topological polar surface area (TPSA) is 37.8 Å². The zero-order chi connectivity index (χ0) is 11.5. The van der Waals surface area contributed by atoms with Crippen LogP contribution in [-0.4, -0.2) is 10.2 Å². The quantitative estimate of drug-likeness (QED) is 0.907. The molecule has 16 heavy (non-hydrogen) atoms. The highest BCUT2D eigenvalue weighted by Gasteiger charge is 2.05. The van der Waals surface area contributed by atoms with E-state index >= 15 is 0 Å². The van der Waals surface area contributed by atoms with Crippen molar-refractivity contribution >= 4 is 27.8 Å². The van der Waals surface area contributed by atoms with Crippen molar-refractivity contribution < 1.29 is 0 Å². The Morgan fingerprint density at radius 3 is 2.62 bits per heavy atom. The maximum absolute atomic E-state index is 4.10. The van der Waals surface area contributed by atoms with Gasteiger partial charge >= 0.3 is 0 Å². The molecule has 3 nitrogen and oxygen atoms in total. The van der Waals surface area contributed by atoms with Crippen LogP contribution in [0.15, 0.2) is 6.07 Å². The van der Waals surface area contributed by atoms with Crippen molar-refractivity contribution in [1.82, 2.24) is 10.2 Å². The van der Waals surface area contributed by atoms with E-state index < -0.39 is 0 Å². The van der Waals surface area contributed by atoms with Gasteiger partial charge < -0.3 is 5.32 Å². The van der Waals surface area contributed by atoms with Crippen molar-refractivity contribution in [2.75, 3.05) is 5.32 Å². The average Bonchev–Trinajstić information content (AvgIpc) is 2.82. The second-order valence-corrected chi connectivity index (χ2v) is 6.17. The van der Waals surface area contributed by atoms with Crippen LogP contribution in [0.4, 0.5) is 5.13 Å². The van der Waals surface area contributed by atoms with Gasteiger partial charge in [0.05, 0.1) is 0 Å². The molecule has 0 bridgehead atoms. The van der Waals surface area contributed by atoms with E-state index in [0.29, 0.717) is 0 Å². The Morgan fingerprint density at radius 1 is 1.25 bits per heavy atom. The third-order valence-corrected chi connectivity index (χ3v) is 4.38. The molecule has 0 unspecified atom stereocenters. The van der Waals surface area contributed by atoms with E-state index in [0.717, 1.165) is 23.1 Å². The number of nitrogens with zero attached hydrogens (tertiary/aromatic N) is 2. The summed E-state index contributed by atoms with van der Waals surface area (Å²) < 4.78 is 0. The lowest BCUT2D eigenvalue weighted by atomic mass is 10.2. The summed E-state index contributed by atoms with van der Waals surface area (Å²) in [6, 6.07) is 2.23. The van der Waals surface area contributed by atoms with Crippen molar-refractivity contribution in [3.63, 3.8) is 0 Å². The number of thiophene rings is 1. The summed E-state index contributed by atoms with van der Waals surface area (Å²) in [6.07, 6.45) is 0.954. The van der Waals surface area contributed by atoms with Crippen LogP contribution in [0.3, 0.4) is 0 Å². The van der Waals surface area contributed by atoms with Crippen LogP contribution in [0, 0.1) is 13.8 Å². The molecular weight excluding hydrogens is 238 g/mol. The van der Waals surface area contributed by atoms with Crippen LogP contribution in [0.2, 0.25) is 0 Å². The molecule has 2 aromatic rings. The zero-order valence-corrected chi connectivity index (χ0v) is 11.3. The molecule has 0 aliphatic heterocycles. The summed E-state index contributed by atoms with van der Waals surface area (Å²) in [6.45, 7) is 7.23. The van der Waals surface area contributed by atoms with Gasteiger partial charge in [0.2, 0.25) is 5.13 Å². The van der Waals surface area contributed by atoms with Crippen LogP contribution >= 0.6 is 22.7 Å². The van der Waals surface area contributed by atoms with Crippen LogP contribution in [0.1, 0.15) is 27.2 Å². The molecule has 0 aliphatic rings. The van der Waals surface area contributed by atoms with E-state index in [4.69, 9.17) is 0 Å². The van der Waals surface area contributed by atoms with Crippen LogP contribution in [0.5, 0.6) is 0 Å². The molecule has 0 saturated heterocycles. The smallest absolute Gasteiger partial charge is 0.205 e. The van der Waals surface area contributed by atoms with Crippen molar-refractivity contribution in [1.29, 1.82) is 0 Å². The highest BCUT2D eigenvalue weighted by atomic mass is 32.1. The fourth-order valence-electron chi connectivity index (χ4n) is 1.50. The van der Waals surface area contributed by atoms with E-state index in [-0.39, 0.29) is 0 Å². The molecule has 0 amide bonds. The fourth-order valence-corrected chi connectivity index (χ4v) is 3.12. The molecule has 2 aromatic heterocycles. The number of hydrogen-bond acceptors (Lipinski definition) is 5. The molecule has 1 N–H and O–H groups in total. The highest BCUT2D eigenvalue weighted by molar-refractivity contribution is 7.15. The maximum Gasteiger partial charge on any atom is 0.205 e. The number of nitrogens with one attached hydrogen (secondary N) is 1. The largest absolute Gasteiger partial charge is 0.356 e. The number of aromatic nitrogens is 2. The lowest BCUT2D eigenvalue weighted by Crippen LogP contribution is -1.98. The van der Waals surface area contributed by atoms with E-state index in [1.165, 1.54) is 15.3 Å². The first kappa shape index (κ1) is 11.5. The summed E-state index contributed by atoms with van der Waals surface area (Å²) >= 11 is 3.48. The fraction of sp³-hybridized carbons (Fsp3) is 0.455. The third-order valence-electron chi connectivity index (χ3n) is 2.34. The van der Waals surface area contributed by atoms with E-state index in [1.807, 2.05) is 11.3 Å². The van der Waals surface area contributed by atoms with E-state index in [1.54, 1.807) is 11.3 Å². The van der Waals surface area contributed by atoms with Gasteiger partial charge in [0, 0.05) is 16.3 Å². The van der Waals surface area contributed by atoms with Gasteiger partial charge in [0.1, 0.15) is 5.01 Å². The van der Waals surface area contributed by atoms with Crippen molar-refractivity contribution in [3.05, 3.63) is 26.4 Å². The summed E-state index contributed by atoms with van der Waals surface area (Å²) in [7, 11) is 0. The lowest BCUT2D eigenvalue weighted by molar-refractivity contribution is 0.975. The SMILES string of the molecule is CCc1nnc(NCc2cc(C)sc2C)s1. The van der Waals surface area contributed by atoms with Crippen molar-refractivity contribution in [2.24, 2.45) is 0 Å².